The zero-order chi connectivity index (χ0) is 11.5. The molecule has 1 aliphatic heterocycles. The number of hydrogen-bond donors (Lipinski definition) is 1. The second-order valence-electron chi connectivity index (χ2n) is 5.01. The summed E-state index contributed by atoms with van der Waals surface area (Å²) in [7, 11) is 0. The van der Waals surface area contributed by atoms with Crippen molar-refractivity contribution in [3.8, 4) is 0 Å². The Bertz CT molecular complexity index is 354. The van der Waals surface area contributed by atoms with Crippen LogP contribution in [0.15, 0.2) is 18.2 Å². The number of rotatable bonds is 3. The lowest BCUT2D eigenvalue weighted by Gasteiger charge is -2.13. The first-order valence-electron chi connectivity index (χ1n) is 6.18. The van der Waals surface area contributed by atoms with Gasteiger partial charge in [0.15, 0.2) is 0 Å². The minimum absolute atomic E-state index is 0.506. The highest BCUT2D eigenvalue weighted by Gasteiger charge is 2.15. The van der Waals surface area contributed by atoms with E-state index in [-0.39, 0.29) is 0 Å². The highest BCUT2D eigenvalue weighted by molar-refractivity contribution is 6.31. The van der Waals surface area contributed by atoms with Crippen molar-refractivity contribution in [1.82, 2.24) is 5.32 Å². The predicted molar refractivity (Wildman–Crippen MR) is 70.3 cm³/mol. The van der Waals surface area contributed by atoms with Gasteiger partial charge >= 0.3 is 0 Å². The van der Waals surface area contributed by atoms with Crippen molar-refractivity contribution >= 4 is 11.6 Å². The van der Waals surface area contributed by atoms with E-state index in [1.165, 1.54) is 30.5 Å². The molecule has 0 spiro atoms. The average Bonchev–Trinajstić information content (AvgIpc) is 2.70. The number of halogens is 1. The molecule has 1 heterocycles. The highest BCUT2D eigenvalue weighted by atomic mass is 35.5. The van der Waals surface area contributed by atoms with Gasteiger partial charge in [-0.1, -0.05) is 37.6 Å². The van der Waals surface area contributed by atoms with Crippen molar-refractivity contribution in [3.63, 3.8) is 0 Å². The van der Waals surface area contributed by atoms with Gasteiger partial charge in [-0.05, 0) is 48.9 Å². The second-order valence-corrected chi connectivity index (χ2v) is 5.42. The van der Waals surface area contributed by atoms with Crippen LogP contribution in [0.1, 0.15) is 43.7 Å². The minimum Gasteiger partial charge on any atom is -0.314 e. The van der Waals surface area contributed by atoms with Gasteiger partial charge in [0.1, 0.15) is 0 Å². The fourth-order valence-corrected chi connectivity index (χ4v) is 2.80. The number of nitrogens with one attached hydrogen (secondary N) is 1. The predicted octanol–water partition coefficient (Wildman–Crippen LogP) is 3.76. The first kappa shape index (κ1) is 11.9. The van der Waals surface area contributed by atoms with Gasteiger partial charge in [-0.25, -0.2) is 0 Å². The summed E-state index contributed by atoms with van der Waals surface area (Å²) in [5.41, 5.74) is 2.61. The van der Waals surface area contributed by atoms with Crippen LogP contribution in [0.25, 0.3) is 0 Å². The molecule has 1 aromatic carbocycles. The third-order valence-corrected chi connectivity index (χ3v) is 3.66. The van der Waals surface area contributed by atoms with Crippen molar-refractivity contribution in [2.45, 2.75) is 45.1 Å². The van der Waals surface area contributed by atoms with Crippen LogP contribution < -0.4 is 5.32 Å². The van der Waals surface area contributed by atoms with E-state index in [1.807, 2.05) is 0 Å². The molecule has 88 valence electrons. The Hall–Kier alpha value is -0.530. The molecular weight excluding hydrogens is 218 g/mol. The third-order valence-electron chi connectivity index (χ3n) is 3.33. The van der Waals surface area contributed by atoms with Gasteiger partial charge in [-0.2, -0.15) is 0 Å². The molecule has 0 bridgehead atoms. The Morgan fingerprint density at radius 1 is 1.44 bits per heavy atom. The van der Waals surface area contributed by atoms with Crippen molar-refractivity contribution < 1.29 is 0 Å². The van der Waals surface area contributed by atoms with Gasteiger partial charge in [-0.3, -0.25) is 0 Å². The first-order chi connectivity index (χ1) is 7.66. The van der Waals surface area contributed by atoms with Gasteiger partial charge in [0, 0.05) is 11.1 Å². The molecule has 1 fully saturated rings. The quantitative estimate of drug-likeness (QED) is 0.844. The third kappa shape index (κ3) is 2.78. The van der Waals surface area contributed by atoms with Crippen molar-refractivity contribution in [3.05, 3.63) is 34.3 Å². The van der Waals surface area contributed by atoms with E-state index in [1.54, 1.807) is 0 Å². The summed E-state index contributed by atoms with van der Waals surface area (Å²) >= 11 is 6.29. The molecule has 0 aliphatic carbocycles. The van der Waals surface area contributed by atoms with Crippen LogP contribution in [-0.2, 0) is 6.42 Å². The van der Waals surface area contributed by atoms with Crippen LogP contribution in [0, 0.1) is 0 Å². The van der Waals surface area contributed by atoms with E-state index in [2.05, 4.69) is 37.4 Å². The number of benzene rings is 1. The van der Waals surface area contributed by atoms with E-state index < -0.39 is 0 Å². The average molecular weight is 238 g/mol. The Labute approximate surface area is 103 Å². The van der Waals surface area contributed by atoms with Crippen LogP contribution in [0.3, 0.4) is 0 Å². The summed E-state index contributed by atoms with van der Waals surface area (Å²) in [5, 5.41) is 4.44. The molecule has 1 aromatic rings. The van der Waals surface area contributed by atoms with E-state index in [4.69, 9.17) is 11.6 Å². The first-order valence-corrected chi connectivity index (χ1v) is 6.56. The van der Waals surface area contributed by atoms with E-state index in [0.717, 1.165) is 11.4 Å². The van der Waals surface area contributed by atoms with Gasteiger partial charge in [0.2, 0.25) is 0 Å². The molecule has 1 aliphatic rings. The van der Waals surface area contributed by atoms with Crippen LogP contribution in [0.5, 0.6) is 0 Å². The molecule has 1 saturated heterocycles. The summed E-state index contributed by atoms with van der Waals surface area (Å²) in [6.07, 6.45) is 3.71. The molecule has 0 saturated carbocycles. The summed E-state index contributed by atoms with van der Waals surface area (Å²) in [6, 6.07) is 7.19. The summed E-state index contributed by atoms with van der Waals surface area (Å²) < 4.78 is 0. The highest BCUT2D eigenvalue weighted by Crippen LogP contribution is 2.26. The molecule has 0 amide bonds. The Kier molecular flexibility index (Phi) is 3.88. The van der Waals surface area contributed by atoms with Gasteiger partial charge in [0.25, 0.3) is 0 Å². The van der Waals surface area contributed by atoms with E-state index >= 15 is 0 Å². The van der Waals surface area contributed by atoms with Crippen LogP contribution in [-0.4, -0.2) is 12.6 Å². The van der Waals surface area contributed by atoms with Crippen LogP contribution in [0.4, 0.5) is 0 Å². The van der Waals surface area contributed by atoms with Crippen molar-refractivity contribution in [2.75, 3.05) is 6.54 Å². The minimum atomic E-state index is 0.506. The largest absolute Gasteiger partial charge is 0.314 e. The summed E-state index contributed by atoms with van der Waals surface area (Å²) in [5.74, 6) is 0.506. The van der Waals surface area contributed by atoms with Gasteiger partial charge < -0.3 is 5.32 Å². The maximum Gasteiger partial charge on any atom is 0.0443 e. The molecule has 1 atom stereocenters. The fraction of sp³-hybridized carbons (Fsp3) is 0.571. The lowest BCUT2D eigenvalue weighted by atomic mass is 9.98. The zero-order valence-corrected chi connectivity index (χ0v) is 10.8. The second kappa shape index (κ2) is 5.20. The SMILES string of the molecule is CC(C)c1ccc(CC2CCCN2)cc1Cl. The molecular formula is C14H20ClN. The lowest BCUT2D eigenvalue weighted by molar-refractivity contribution is 0.603. The van der Waals surface area contributed by atoms with Crippen LogP contribution in [0.2, 0.25) is 5.02 Å². The maximum atomic E-state index is 6.29. The molecule has 2 heteroatoms. The Morgan fingerprint density at radius 3 is 2.81 bits per heavy atom. The number of hydrogen-bond acceptors (Lipinski definition) is 1. The standard InChI is InChI=1S/C14H20ClN/c1-10(2)13-6-5-11(9-14(13)15)8-12-4-3-7-16-12/h5-6,9-10,12,16H,3-4,7-8H2,1-2H3. The molecule has 0 aromatic heterocycles. The summed E-state index contributed by atoms with van der Waals surface area (Å²) in [6.45, 7) is 5.53. The maximum absolute atomic E-state index is 6.29. The fourth-order valence-electron chi connectivity index (χ4n) is 2.38. The molecule has 1 N–H and O–H groups in total. The molecule has 0 radical (unpaired) electrons. The van der Waals surface area contributed by atoms with E-state index in [9.17, 15) is 0 Å². The van der Waals surface area contributed by atoms with Crippen molar-refractivity contribution in [2.24, 2.45) is 0 Å². The molecule has 2 rings (SSSR count). The van der Waals surface area contributed by atoms with Crippen LogP contribution >= 0.6 is 11.6 Å². The van der Waals surface area contributed by atoms with E-state index in [0.29, 0.717) is 12.0 Å². The van der Waals surface area contributed by atoms with Crippen molar-refractivity contribution in [1.29, 1.82) is 0 Å². The topological polar surface area (TPSA) is 12.0 Å². The Morgan fingerprint density at radius 2 is 2.25 bits per heavy atom. The molecule has 1 nitrogen and oxygen atoms in total. The summed E-state index contributed by atoms with van der Waals surface area (Å²) in [4.78, 5) is 0. The molecule has 16 heavy (non-hydrogen) atoms. The normalized spacial score (nSPS) is 20.6. The smallest absolute Gasteiger partial charge is 0.0443 e. The lowest BCUT2D eigenvalue weighted by Crippen LogP contribution is -2.23. The monoisotopic (exact) mass is 237 g/mol. The Balaban J connectivity index is 2.08. The molecule has 1 unspecified atom stereocenters. The van der Waals surface area contributed by atoms with Gasteiger partial charge in [-0.15, -0.1) is 0 Å². The zero-order valence-electron chi connectivity index (χ0n) is 10.1. The van der Waals surface area contributed by atoms with Gasteiger partial charge in [0.05, 0.1) is 0 Å².